The molecule has 0 unspecified atom stereocenters. The molecule has 0 fully saturated rings. The third kappa shape index (κ3) is 3.31. The highest BCUT2D eigenvalue weighted by Crippen LogP contribution is 2.23. The highest BCUT2D eigenvalue weighted by molar-refractivity contribution is 9.10. The molecule has 0 radical (unpaired) electrons. The summed E-state index contributed by atoms with van der Waals surface area (Å²) in [6.45, 7) is 0.213. The molecule has 0 spiro atoms. The standard InChI is InChI=1S/C16H11BrClNO3/c17-11-3-4-14-10(8-11)9-12(22-14)5-7-21-16(20)13-2-1-6-19-15(13)18/h1-4,6,8-9H,5,7H2. The molecular weight excluding hydrogens is 370 g/mol. The second kappa shape index (κ2) is 6.50. The lowest BCUT2D eigenvalue weighted by molar-refractivity contribution is 0.0505. The first-order chi connectivity index (χ1) is 10.6. The number of furan rings is 1. The van der Waals surface area contributed by atoms with Crippen LogP contribution in [0.1, 0.15) is 16.1 Å². The van der Waals surface area contributed by atoms with Crippen molar-refractivity contribution < 1.29 is 13.9 Å². The van der Waals surface area contributed by atoms with E-state index in [1.54, 1.807) is 12.1 Å². The average Bonchev–Trinajstić information content (AvgIpc) is 2.89. The molecule has 0 amide bonds. The number of carbonyl (C=O) groups is 1. The first kappa shape index (κ1) is 15.1. The summed E-state index contributed by atoms with van der Waals surface area (Å²) in [6, 6.07) is 10.9. The fourth-order valence-electron chi connectivity index (χ4n) is 2.05. The Morgan fingerprint density at radius 3 is 3.00 bits per heavy atom. The molecule has 0 saturated heterocycles. The Morgan fingerprint density at radius 1 is 1.32 bits per heavy atom. The molecule has 0 saturated carbocycles. The van der Waals surface area contributed by atoms with Crippen LogP contribution in [0.4, 0.5) is 0 Å². The Bertz CT molecular complexity index is 831. The van der Waals surface area contributed by atoms with Gasteiger partial charge in [-0.05, 0) is 36.4 Å². The number of benzene rings is 1. The van der Waals surface area contributed by atoms with Crippen LogP contribution in [0.5, 0.6) is 0 Å². The lowest BCUT2D eigenvalue weighted by Crippen LogP contribution is -2.09. The maximum Gasteiger partial charge on any atom is 0.341 e. The van der Waals surface area contributed by atoms with Gasteiger partial charge in [0.05, 0.1) is 12.2 Å². The number of hydrogen-bond acceptors (Lipinski definition) is 4. The molecule has 0 aliphatic carbocycles. The van der Waals surface area contributed by atoms with Gasteiger partial charge in [0.1, 0.15) is 16.5 Å². The van der Waals surface area contributed by atoms with E-state index in [9.17, 15) is 4.79 Å². The lowest BCUT2D eigenvalue weighted by Gasteiger charge is -2.04. The average molecular weight is 381 g/mol. The van der Waals surface area contributed by atoms with Crippen LogP contribution in [0.2, 0.25) is 5.15 Å². The zero-order valence-corrected chi connectivity index (χ0v) is 13.7. The maximum absolute atomic E-state index is 11.9. The number of halogens is 2. The van der Waals surface area contributed by atoms with Gasteiger partial charge in [-0.2, -0.15) is 0 Å². The van der Waals surface area contributed by atoms with Crippen LogP contribution >= 0.6 is 27.5 Å². The summed E-state index contributed by atoms with van der Waals surface area (Å²) in [7, 11) is 0. The van der Waals surface area contributed by atoms with E-state index in [1.165, 1.54) is 6.20 Å². The second-order valence-electron chi connectivity index (χ2n) is 4.62. The number of nitrogens with zero attached hydrogens (tertiary/aromatic N) is 1. The smallest absolute Gasteiger partial charge is 0.341 e. The fraction of sp³-hybridized carbons (Fsp3) is 0.125. The van der Waals surface area contributed by atoms with Gasteiger partial charge in [0.25, 0.3) is 0 Å². The number of aromatic nitrogens is 1. The molecule has 2 aromatic heterocycles. The van der Waals surface area contributed by atoms with Gasteiger partial charge in [-0.15, -0.1) is 0 Å². The molecule has 3 aromatic rings. The Hall–Kier alpha value is -1.85. The molecule has 2 heterocycles. The van der Waals surface area contributed by atoms with Crippen molar-refractivity contribution in [1.29, 1.82) is 0 Å². The molecule has 6 heteroatoms. The predicted molar refractivity (Wildman–Crippen MR) is 87.1 cm³/mol. The first-order valence-corrected chi connectivity index (χ1v) is 7.76. The molecule has 1 aromatic carbocycles. The summed E-state index contributed by atoms with van der Waals surface area (Å²) in [5.74, 6) is 0.273. The molecule has 4 nitrogen and oxygen atoms in total. The number of fused-ring (bicyclic) bond motifs is 1. The van der Waals surface area contributed by atoms with Gasteiger partial charge in [-0.1, -0.05) is 27.5 Å². The molecule has 0 atom stereocenters. The van der Waals surface area contributed by atoms with Gasteiger partial charge in [0.2, 0.25) is 0 Å². The van der Waals surface area contributed by atoms with Gasteiger partial charge >= 0.3 is 5.97 Å². The van der Waals surface area contributed by atoms with Crippen molar-refractivity contribution in [3.63, 3.8) is 0 Å². The van der Waals surface area contributed by atoms with Crippen LogP contribution in [-0.2, 0) is 11.2 Å². The van der Waals surface area contributed by atoms with Crippen molar-refractivity contribution in [2.24, 2.45) is 0 Å². The van der Waals surface area contributed by atoms with Crippen molar-refractivity contribution in [2.75, 3.05) is 6.61 Å². The van der Waals surface area contributed by atoms with Crippen LogP contribution in [0.3, 0.4) is 0 Å². The summed E-state index contributed by atoms with van der Waals surface area (Å²) < 4.78 is 11.9. The molecule has 0 aliphatic rings. The van der Waals surface area contributed by atoms with Gasteiger partial charge < -0.3 is 9.15 Å². The van der Waals surface area contributed by atoms with Gasteiger partial charge in [0, 0.05) is 22.5 Å². The van der Waals surface area contributed by atoms with Crippen molar-refractivity contribution >= 4 is 44.5 Å². The Labute approximate surface area is 140 Å². The highest BCUT2D eigenvalue weighted by Gasteiger charge is 2.12. The van der Waals surface area contributed by atoms with E-state index in [0.29, 0.717) is 6.42 Å². The third-order valence-corrected chi connectivity index (χ3v) is 3.88. The van der Waals surface area contributed by atoms with E-state index in [1.807, 2.05) is 24.3 Å². The van der Waals surface area contributed by atoms with E-state index in [0.717, 1.165) is 21.2 Å². The number of esters is 1. The summed E-state index contributed by atoms with van der Waals surface area (Å²) in [5.41, 5.74) is 1.07. The Kier molecular flexibility index (Phi) is 4.45. The third-order valence-electron chi connectivity index (χ3n) is 3.09. The molecule has 0 aliphatic heterocycles. The molecule has 112 valence electrons. The maximum atomic E-state index is 11.9. The minimum absolute atomic E-state index is 0.140. The van der Waals surface area contributed by atoms with E-state index in [2.05, 4.69) is 20.9 Å². The monoisotopic (exact) mass is 379 g/mol. The SMILES string of the molecule is O=C(OCCc1cc2cc(Br)ccc2o1)c1cccnc1Cl. The molecular formula is C16H11BrClNO3. The quantitative estimate of drug-likeness (QED) is 0.488. The zero-order valence-electron chi connectivity index (χ0n) is 11.4. The normalized spacial score (nSPS) is 10.8. The largest absolute Gasteiger partial charge is 0.462 e. The van der Waals surface area contributed by atoms with Crippen LogP contribution in [0, 0.1) is 0 Å². The molecule has 22 heavy (non-hydrogen) atoms. The summed E-state index contributed by atoms with van der Waals surface area (Å²) in [4.78, 5) is 15.7. The molecule has 3 rings (SSSR count). The van der Waals surface area contributed by atoms with Crippen LogP contribution in [0.15, 0.2) is 51.5 Å². The van der Waals surface area contributed by atoms with Crippen LogP contribution in [0.25, 0.3) is 11.0 Å². The summed E-state index contributed by atoms with van der Waals surface area (Å²) in [6.07, 6.45) is 2.02. The fourth-order valence-corrected chi connectivity index (χ4v) is 2.63. The number of hydrogen-bond donors (Lipinski definition) is 0. The highest BCUT2D eigenvalue weighted by atomic mass is 79.9. The van der Waals surface area contributed by atoms with E-state index < -0.39 is 5.97 Å². The van der Waals surface area contributed by atoms with Gasteiger partial charge in [-0.3, -0.25) is 0 Å². The van der Waals surface area contributed by atoms with E-state index in [4.69, 9.17) is 20.8 Å². The Morgan fingerprint density at radius 2 is 2.18 bits per heavy atom. The lowest BCUT2D eigenvalue weighted by atomic mass is 10.2. The summed E-state index contributed by atoms with van der Waals surface area (Å²) >= 11 is 9.26. The van der Waals surface area contributed by atoms with Crippen molar-refractivity contribution in [3.8, 4) is 0 Å². The number of carbonyl (C=O) groups excluding carboxylic acids is 1. The van der Waals surface area contributed by atoms with Crippen molar-refractivity contribution in [3.05, 3.63) is 63.5 Å². The first-order valence-electron chi connectivity index (χ1n) is 6.59. The van der Waals surface area contributed by atoms with Crippen molar-refractivity contribution in [1.82, 2.24) is 4.98 Å². The minimum atomic E-state index is -0.489. The number of pyridine rings is 1. The van der Waals surface area contributed by atoms with Gasteiger partial charge in [-0.25, -0.2) is 9.78 Å². The zero-order chi connectivity index (χ0) is 15.5. The van der Waals surface area contributed by atoms with E-state index >= 15 is 0 Å². The topological polar surface area (TPSA) is 52.3 Å². The van der Waals surface area contributed by atoms with Crippen LogP contribution < -0.4 is 0 Å². The molecule has 0 N–H and O–H groups in total. The Balaban J connectivity index is 1.62. The molecule has 0 bridgehead atoms. The summed E-state index contributed by atoms with van der Waals surface area (Å²) in [5, 5.41) is 1.15. The predicted octanol–water partition coefficient (Wildman–Crippen LogP) is 4.64. The second-order valence-corrected chi connectivity index (χ2v) is 5.90. The van der Waals surface area contributed by atoms with Crippen molar-refractivity contribution in [2.45, 2.75) is 6.42 Å². The number of rotatable bonds is 4. The number of ether oxygens (including phenoxy) is 1. The van der Waals surface area contributed by atoms with Gasteiger partial charge in [0.15, 0.2) is 0 Å². The van der Waals surface area contributed by atoms with E-state index in [-0.39, 0.29) is 17.3 Å². The van der Waals surface area contributed by atoms with Crippen LogP contribution in [-0.4, -0.2) is 17.6 Å². The minimum Gasteiger partial charge on any atom is -0.462 e.